The summed E-state index contributed by atoms with van der Waals surface area (Å²) in [6.07, 6.45) is 1.83. The van der Waals surface area contributed by atoms with Crippen LogP contribution in [0.3, 0.4) is 0 Å². The van der Waals surface area contributed by atoms with Crippen LogP contribution >= 0.6 is 0 Å². The van der Waals surface area contributed by atoms with Crippen LogP contribution in [0.2, 0.25) is 0 Å². The highest BCUT2D eigenvalue weighted by atomic mass is 16.3. The average molecular weight is 413 g/mol. The van der Waals surface area contributed by atoms with Gasteiger partial charge in [-0.25, -0.2) is 0 Å². The predicted octanol–water partition coefficient (Wildman–Crippen LogP) is 5.01. The van der Waals surface area contributed by atoms with E-state index in [9.17, 15) is 15.0 Å². The Balaban J connectivity index is 1.82. The van der Waals surface area contributed by atoms with E-state index in [-0.39, 0.29) is 34.0 Å². The van der Waals surface area contributed by atoms with Gasteiger partial charge in [0, 0.05) is 11.6 Å². The molecule has 1 aromatic heterocycles. The van der Waals surface area contributed by atoms with Crippen LogP contribution in [0.5, 0.6) is 11.5 Å². The summed E-state index contributed by atoms with van der Waals surface area (Å²) in [5, 5.41) is 24.9. The van der Waals surface area contributed by atoms with E-state index in [0.29, 0.717) is 16.7 Å². The van der Waals surface area contributed by atoms with Gasteiger partial charge in [0.1, 0.15) is 28.2 Å². The third kappa shape index (κ3) is 3.47. The van der Waals surface area contributed by atoms with Crippen LogP contribution < -0.4 is 10.7 Å². The van der Waals surface area contributed by atoms with Gasteiger partial charge in [-0.2, -0.15) is 0 Å². The van der Waals surface area contributed by atoms with Crippen molar-refractivity contribution in [3.05, 3.63) is 82.5 Å². The van der Waals surface area contributed by atoms with Crippen LogP contribution in [0.15, 0.2) is 75.9 Å². The van der Waals surface area contributed by atoms with Crippen molar-refractivity contribution in [2.75, 3.05) is 13.1 Å². The van der Waals surface area contributed by atoms with Gasteiger partial charge >= 0.3 is 0 Å². The Bertz CT molecular complexity index is 1300. The molecular formula is C26H23NO4. The van der Waals surface area contributed by atoms with Gasteiger partial charge in [0.05, 0.1) is 5.56 Å². The lowest BCUT2D eigenvalue weighted by Gasteiger charge is -2.25. The summed E-state index contributed by atoms with van der Waals surface area (Å²) in [6.45, 7) is 1.77. The summed E-state index contributed by atoms with van der Waals surface area (Å²) in [5.74, 6) is 0.460. The molecule has 3 aromatic carbocycles. The van der Waals surface area contributed by atoms with Crippen LogP contribution in [0.1, 0.15) is 24.3 Å². The Morgan fingerprint density at radius 3 is 2.32 bits per heavy atom. The summed E-state index contributed by atoms with van der Waals surface area (Å²) in [4.78, 5) is 13.2. The second-order valence-corrected chi connectivity index (χ2v) is 7.95. The second-order valence-electron chi connectivity index (χ2n) is 7.95. The van der Waals surface area contributed by atoms with Crippen molar-refractivity contribution >= 4 is 11.0 Å². The van der Waals surface area contributed by atoms with Crippen molar-refractivity contribution < 1.29 is 14.6 Å². The normalized spacial score (nSPS) is 14.7. The van der Waals surface area contributed by atoms with Crippen LogP contribution in [0.25, 0.3) is 33.4 Å². The van der Waals surface area contributed by atoms with E-state index < -0.39 is 0 Å². The first-order valence-corrected chi connectivity index (χ1v) is 10.5. The van der Waals surface area contributed by atoms with Crippen LogP contribution in [0, 0.1) is 0 Å². The standard InChI is InChI=1S/C26H23NO4/c28-21-9-5-4-8-18(21)23-15-22(29)24-25(30)19(16-6-2-1-3-7-16)14-20(26(24)31-23)17-10-12-27-13-11-17/h1-9,14-15,17,27-28,30H,10-13H2. The fourth-order valence-corrected chi connectivity index (χ4v) is 4.43. The van der Waals surface area contributed by atoms with E-state index in [1.54, 1.807) is 24.3 Å². The maximum Gasteiger partial charge on any atom is 0.197 e. The maximum atomic E-state index is 13.2. The van der Waals surface area contributed by atoms with E-state index in [0.717, 1.165) is 37.1 Å². The second kappa shape index (κ2) is 7.93. The SMILES string of the molecule is O=c1cc(-c2ccccc2O)oc2c(C3CCNCC3)cc(-c3ccccc3)c(O)c12. The van der Waals surface area contributed by atoms with E-state index in [4.69, 9.17) is 4.42 Å². The molecule has 0 amide bonds. The number of piperidine rings is 1. The molecule has 0 aliphatic carbocycles. The van der Waals surface area contributed by atoms with Crippen LogP contribution in [0.4, 0.5) is 0 Å². The monoisotopic (exact) mass is 413 g/mol. The first kappa shape index (κ1) is 19.4. The molecule has 0 spiro atoms. The molecule has 0 bridgehead atoms. The molecule has 1 aliphatic rings. The molecule has 5 nitrogen and oxygen atoms in total. The minimum absolute atomic E-state index is 0.0403. The Kier molecular flexibility index (Phi) is 4.96. The number of benzene rings is 3. The highest BCUT2D eigenvalue weighted by Gasteiger charge is 2.25. The quantitative estimate of drug-likeness (QED) is 0.440. The highest BCUT2D eigenvalue weighted by Crippen LogP contribution is 2.42. The molecule has 1 fully saturated rings. The van der Waals surface area contributed by atoms with E-state index in [1.165, 1.54) is 6.07 Å². The topological polar surface area (TPSA) is 82.7 Å². The van der Waals surface area contributed by atoms with Crippen molar-refractivity contribution in [2.24, 2.45) is 0 Å². The van der Waals surface area contributed by atoms with Gasteiger partial charge in [-0.3, -0.25) is 4.79 Å². The Hall–Kier alpha value is -3.57. The molecule has 1 aliphatic heterocycles. The number of hydrogen-bond acceptors (Lipinski definition) is 5. The molecule has 0 atom stereocenters. The number of phenols is 2. The fourth-order valence-electron chi connectivity index (χ4n) is 4.43. The van der Waals surface area contributed by atoms with E-state index >= 15 is 0 Å². The number of phenolic OH excluding ortho intramolecular Hbond substituents is 2. The lowest BCUT2D eigenvalue weighted by molar-refractivity contribution is 0.454. The molecule has 31 heavy (non-hydrogen) atoms. The molecule has 0 unspecified atom stereocenters. The zero-order valence-electron chi connectivity index (χ0n) is 17.0. The highest BCUT2D eigenvalue weighted by molar-refractivity contribution is 5.95. The Morgan fingerprint density at radius 1 is 0.871 bits per heavy atom. The number of para-hydroxylation sites is 1. The first-order chi connectivity index (χ1) is 15.1. The fraction of sp³-hybridized carbons (Fsp3) is 0.192. The predicted molar refractivity (Wildman–Crippen MR) is 122 cm³/mol. The molecule has 156 valence electrons. The van der Waals surface area contributed by atoms with Gasteiger partial charge in [-0.05, 0) is 61.2 Å². The zero-order chi connectivity index (χ0) is 21.4. The van der Waals surface area contributed by atoms with Crippen molar-refractivity contribution in [1.82, 2.24) is 5.32 Å². The number of aromatic hydroxyl groups is 2. The van der Waals surface area contributed by atoms with E-state index in [2.05, 4.69) is 5.32 Å². The van der Waals surface area contributed by atoms with Crippen LogP contribution in [-0.4, -0.2) is 23.3 Å². The molecule has 5 rings (SSSR count). The summed E-state index contributed by atoms with van der Waals surface area (Å²) >= 11 is 0. The number of fused-ring (bicyclic) bond motifs is 1. The summed E-state index contributed by atoms with van der Waals surface area (Å²) in [6, 6.07) is 19.7. The summed E-state index contributed by atoms with van der Waals surface area (Å²) in [7, 11) is 0. The van der Waals surface area contributed by atoms with Crippen molar-refractivity contribution in [1.29, 1.82) is 0 Å². The lowest BCUT2D eigenvalue weighted by Crippen LogP contribution is -2.26. The van der Waals surface area contributed by atoms with E-state index in [1.807, 2.05) is 36.4 Å². The molecule has 2 heterocycles. The van der Waals surface area contributed by atoms with Gasteiger partial charge in [-0.15, -0.1) is 0 Å². The zero-order valence-corrected chi connectivity index (χ0v) is 17.0. The molecule has 0 saturated carbocycles. The number of hydrogen-bond donors (Lipinski definition) is 3. The first-order valence-electron chi connectivity index (χ1n) is 10.5. The minimum atomic E-state index is -0.329. The molecule has 3 N–H and O–H groups in total. The summed E-state index contributed by atoms with van der Waals surface area (Å²) < 4.78 is 6.23. The van der Waals surface area contributed by atoms with Gasteiger partial charge in [0.2, 0.25) is 0 Å². The van der Waals surface area contributed by atoms with Gasteiger partial charge in [0.15, 0.2) is 5.43 Å². The minimum Gasteiger partial charge on any atom is -0.507 e. The molecule has 0 radical (unpaired) electrons. The maximum absolute atomic E-state index is 13.2. The van der Waals surface area contributed by atoms with Crippen molar-refractivity contribution in [2.45, 2.75) is 18.8 Å². The number of nitrogens with one attached hydrogen (secondary N) is 1. The molecule has 5 heteroatoms. The van der Waals surface area contributed by atoms with Crippen molar-refractivity contribution in [3.8, 4) is 33.9 Å². The lowest BCUT2D eigenvalue weighted by atomic mass is 9.86. The van der Waals surface area contributed by atoms with Gasteiger partial charge in [0.25, 0.3) is 0 Å². The van der Waals surface area contributed by atoms with Gasteiger partial charge in [-0.1, -0.05) is 42.5 Å². The Morgan fingerprint density at radius 2 is 1.58 bits per heavy atom. The smallest absolute Gasteiger partial charge is 0.197 e. The molecule has 1 saturated heterocycles. The van der Waals surface area contributed by atoms with Gasteiger partial charge < -0.3 is 19.9 Å². The third-order valence-electron chi connectivity index (χ3n) is 6.03. The molecular weight excluding hydrogens is 390 g/mol. The Labute approximate surface area is 179 Å². The third-order valence-corrected chi connectivity index (χ3v) is 6.03. The summed E-state index contributed by atoms with van der Waals surface area (Å²) in [5.41, 5.74) is 2.91. The average Bonchev–Trinajstić information content (AvgIpc) is 2.80. The number of rotatable bonds is 3. The molecule has 4 aromatic rings. The van der Waals surface area contributed by atoms with Crippen molar-refractivity contribution in [3.63, 3.8) is 0 Å². The van der Waals surface area contributed by atoms with Crippen LogP contribution in [-0.2, 0) is 0 Å². The largest absolute Gasteiger partial charge is 0.507 e.